The number of nitrogens with zero attached hydrogens (tertiary/aromatic N) is 1. The lowest BCUT2D eigenvalue weighted by atomic mass is 9.46. The van der Waals surface area contributed by atoms with Crippen LogP contribution in [0, 0.1) is 11.3 Å². The van der Waals surface area contributed by atoms with Gasteiger partial charge in [-0.05, 0) is 57.9 Å². The molecule has 1 aromatic heterocycles. The average Bonchev–Trinajstić information content (AvgIpc) is 3.16. The highest BCUT2D eigenvalue weighted by Crippen LogP contribution is 2.68. The van der Waals surface area contributed by atoms with Gasteiger partial charge in [0.1, 0.15) is 17.3 Å². The number of carbonyl (C=O) groups excluding carboxylic acids is 4. The Morgan fingerprint density at radius 1 is 0.913 bits per heavy atom. The molecule has 0 radical (unpaired) electrons. The highest BCUT2D eigenvalue weighted by Gasteiger charge is 2.86. The first-order valence-electron chi connectivity index (χ1n) is 15.1. The lowest BCUT2D eigenvalue weighted by Gasteiger charge is -2.66. The zero-order valence-corrected chi connectivity index (χ0v) is 26.5. The molecule has 246 valence electrons. The number of aromatic nitrogens is 1. The van der Waals surface area contributed by atoms with Gasteiger partial charge in [0.2, 0.25) is 0 Å². The number of esters is 4. The zero-order chi connectivity index (χ0) is 33.7. The SMILES string of the molecule is CC(=O)O[C@H]1[C@H](OC(=O)c2cccnc2)[C@@]2(C)[C@@H](OC(=O)C=Cc3ccccc3)C[C@@H]3[C@@H](O)[C@]2(OC3(C)C)[C@@](C)(O)[C@H]1OC(C)=O. The van der Waals surface area contributed by atoms with Crippen molar-refractivity contribution >= 4 is 30.0 Å². The van der Waals surface area contributed by atoms with Gasteiger partial charge in [0.15, 0.2) is 18.3 Å². The largest absolute Gasteiger partial charge is 0.458 e. The predicted octanol–water partition coefficient (Wildman–Crippen LogP) is 2.79. The summed E-state index contributed by atoms with van der Waals surface area (Å²) in [6.45, 7) is 8.51. The van der Waals surface area contributed by atoms with E-state index in [1.807, 2.05) is 18.2 Å². The van der Waals surface area contributed by atoms with E-state index in [9.17, 15) is 29.4 Å². The second-order valence-electron chi connectivity index (χ2n) is 13.0. The Kier molecular flexibility index (Phi) is 8.60. The van der Waals surface area contributed by atoms with Gasteiger partial charge in [0.25, 0.3) is 0 Å². The summed E-state index contributed by atoms with van der Waals surface area (Å²) in [6.07, 6.45) is -1.93. The summed E-state index contributed by atoms with van der Waals surface area (Å²) in [5, 5.41) is 24.6. The monoisotopic (exact) mass is 637 g/mol. The van der Waals surface area contributed by atoms with Crippen LogP contribution in [-0.4, -0.2) is 86.4 Å². The Morgan fingerprint density at radius 3 is 2.20 bits per heavy atom. The van der Waals surface area contributed by atoms with Gasteiger partial charge < -0.3 is 33.9 Å². The summed E-state index contributed by atoms with van der Waals surface area (Å²) in [6, 6.07) is 12.1. The van der Waals surface area contributed by atoms with Crippen molar-refractivity contribution in [3.63, 3.8) is 0 Å². The molecular formula is C34H39NO11. The quantitative estimate of drug-likeness (QED) is 0.259. The van der Waals surface area contributed by atoms with Crippen molar-refractivity contribution in [3.8, 4) is 0 Å². The van der Waals surface area contributed by atoms with Crippen LogP contribution in [0.25, 0.3) is 6.08 Å². The number of hydrogen-bond acceptors (Lipinski definition) is 12. The minimum Gasteiger partial charge on any atom is -0.458 e. The van der Waals surface area contributed by atoms with E-state index in [1.54, 1.807) is 39.0 Å². The molecule has 12 nitrogen and oxygen atoms in total. The summed E-state index contributed by atoms with van der Waals surface area (Å²) in [4.78, 5) is 56.1. The van der Waals surface area contributed by atoms with Crippen molar-refractivity contribution in [2.45, 2.75) is 95.3 Å². The number of aliphatic hydroxyl groups excluding tert-OH is 1. The number of ether oxygens (including phenoxy) is 5. The van der Waals surface area contributed by atoms with Crippen molar-refractivity contribution in [1.82, 2.24) is 4.98 Å². The van der Waals surface area contributed by atoms with Crippen LogP contribution in [0.5, 0.6) is 0 Å². The van der Waals surface area contributed by atoms with Crippen LogP contribution in [0.2, 0.25) is 0 Å². The molecule has 0 unspecified atom stereocenters. The first-order chi connectivity index (χ1) is 21.6. The van der Waals surface area contributed by atoms with E-state index in [2.05, 4.69) is 4.98 Å². The molecule has 12 heteroatoms. The minimum atomic E-state index is -2.29. The molecule has 2 aliphatic carbocycles. The molecule has 5 rings (SSSR count). The van der Waals surface area contributed by atoms with Crippen LogP contribution in [0.15, 0.2) is 60.9 Å². The second kappa shape index (κ2) is 11.9. The van der Waals surface area contributed by atoms with Crippen LogP contribution in [0.1, 0.15) is 63.9 Å². The number of hydrogen-bond donors (Lipinski definition) is 2. The predicted molar refractivity (Wildman–Crippen MR) is 161 cm³/mol. The molecule has 2 aromatic rings. The molecule has 1 saturated heterocycles. The van der Waals surface area contributed by atoms with Crippen LogP contribution >= 0.6 is 0 Å². The fraction of sp³-hybridized carbons (Fsp3) is 0.500. The van der Waals surface area contributed by atoms with Gasteiger partial charge in [0, 0.05) is 38.2 Å². The number of carbonyl (C=O) groups is 4. The van der Waals surface area contributed by atoms with E-state index in [4.69, 9.17) is 23.7 Å². The first-order valence-corrected chi connectivity index (χ1v) is 15.1. The molecule has 3 fully saturated rings. The van der Waals surface area contributed by atoms with E-state index < -0.39 is 82.5 Å². The molecule has 2 bridgehead atoms. The molecule has 46 heavy (non-hydrogen) atoms. The molecule has 1 aromatic carbocycles. The maximum Gasteiger partial charge on any atom is 0.340 e. The van der Waals surface area contributed by atoms with E-state index in [-0.39, 0.29) is 12.0 Å². The molecule has 9 atom stereocenters. The fourth-order valence-electron chi connectivity index (χ4n) is 7.75. The topological polar surface area (TPSA) is 168 Å². The van der Waals surface area contributed by atoms with Crippen molar-refractivity contribution in [1.29, 1.82) is 0 Å². The highest BCUT2D eigenvalue weighted by molar-refractivity contribution is 5.89. The van der Waals surface area contributed by atoms with Crippen molar-refractivity contribution in [2.24, 2.45) is 11.3 Å². The van der Waals surface area contributed by atoms with E-state index in [0.717, 1.165) is 19.4 Å². The van der Waals surface area contributed by atoms with Crippen LogP contribution in [-0.2, 0) is 38.1 Å². The van der Waals surface area contributed by atoms with Gasteiger partial charge in [-0.3, -0.25) is 14.6 Å². The fourth-order valence-corrected chi connectivity index (χ4v) is 7.75. The summed E-state index contributed by atoms with van der Waals surface area (Å²) < 4.78 is 30.2. The molecule has 2 N–H and O–H groups in total. The van der Waals surface area contributed by atoms with E-state index in [0.29, 0.717) is 0 Å². The van der Waals surface area contributed by atoms with Gasteiger partial charge in [0.05, 0.1) is 22.7 Å². The molecule has 1 aliphatic heterocycles. The maximum absolute atomic E-state index is 13.7. The summed E-state index contributed by atoms with van der Waals surface area (Å²) in [7, 11) is 0. The maximum atomic E-state index is 13.7. The molecule has 2 saturated carbocycles. The highest BCUT2D eigenvalue weighted by atomic mass is 16.6. The van der Waals surface area contributed by atoms with Gasteiger partial charge in [-0.1, -0.05) is 30.3 Å². The van der Waals surface area contributed by atoms with Gasteiger partial charge in [-0.15, -0.1) is 0 Å². The Hall–Kier alpha value is -4.13. The third-order valence-electron chi connectivity index (χ3n) is 9.74. The van der Waals surface area contributed by atoms with Gasteiger partial charge in [-0.25, -0.2) is 9.59 Å². The number of rotatable bonds is 7. The third-order valence-corrected chi connectivity index (χ3v) is 9.74. The second-order valence-corrected chi connectivity index (χ2v) is 13.0. The molecular weight excluding hydrogens is 598 g/mol. The summed E-state index contributed by atoms with van der Waals surface area (Å²) in [5.74, 6) is -4.01. The van der Waals surface area contributed by atoms with Gasteiger partial charge in [-0.2, -0.15) is 0 Å². The van der Waals surface area contributed by atoms with E-state index in [1.165, 1.54) is 37.5 Å². The van der Waals surface area contributed by atoms with Crippen molar-refractivity contribution < 1.29 is 53.1 Å². The Bertz CT molecular complexity index is 1520. The molecule has 1 spiro atoms. The summed E-state index contributed by atoms with van der Waals surface area (Å²) >= 11 is 0. The normalized spacial score (nSPS) is 35.9. The lowest BCUT2D eigenvalue weighted by molar-refractivity contribution is -0.368. The van der Waals surface area contributed by atoms with E-state index >= 15 is 0 Å². The zero-order valence-electron chi connectivity index (χ0n) is 26.5. The minimum absolute atomic E-state index is 0.0272. The smallest absolute Gasteiger partial charge is 0.340 e. The number of aliphatic hydroxyl groups is 2. The molecule has 0 amide bonds. The lowest BCUT2D eigenvalue weighted by Crippen LogP contribution is -2.85. The third kappa shape index (κ3) is 5.27. The van der Waals surface area contributed by atoms with Crippen molar-refractivity contribution in [2.75, 3.05) is 0 Å². The number of fused-ring (bicyclic) bond motifs is 1. The molecule has 2 heterocycles. The Morgan fingerprint density at radius 2 is 1.59 bits per heavy atom. The Balaban J connectivity index is 1.70. The van der Waals surface area contributed by atoms with Crippen LogP contribution in [0.3, 0.4) is 0 Å². The first kappa shape index (κ1) is 33.2. The van der Waals surface area contributed by atoms with Crippen molar-refractivity contribution in [3.05, 3.63) is 72.1 Å². The van der Waals surface area contributed by atoms with Crippen LogP contribution < -0.4 is 0 Å². The number of pyridine rings is 1. The van der Waals surface area contributed by atoms with Gasteiger partial charge >= 0.3 is 23.9 Å². The Labute approximate surface area is 266 Å². The number of benzene rings is 1. The average molecular weight is 638 g/mol. The molecule has 3 aliphatic rings. The summed E-state index contributed by atoms with van der Waals surface area (Å²) in [5.41, 5.74) is -6.50. The standard InChI is InChI=1S/C34H39NO11/c1-19(36)42-26-28(45-30(40)22-13-10-16-35-18-22)32(5)24(44-25(38)15-14-21-11-8-7-9-12-21)17-23-27(39)34(32,46-31(23,3)4)33(6,41)29(26)43-20(2)37/h7-16,18,23-24,26-29,39,41H,17H2,1-6H3/t23-,24+,26+,27-,28+,29+,32-,33+,34-/m1/s1. The van der Waals surface area contributed by atoms with Crippen LogP contribution in [0.4, 0.5) is 0 Å².